The van der Waals surface area contributed by atoms with Crippen molar-refractivity contribution in [2.45, 2.75) is 19.4 Å². The molecule has 0 aliphatic rings. The molecule has 0 amide bonds. The van der Waals surface area contributed by atoms with E-state index in [1.54, 1.807) is 37.3 Å². The van der Waals surface area contributed by atoms with Gasteiger partial charge in [-0.25, -0.2) is 4.39 Å². The average Bonchev–Trinajstić information content (AvgIpc) is 2.48. The summed E-state index contributed by atoms with van der Waals surface area (Å²) in [5.74, 6) is -1.94. The maximum Gasteiger partial charge on any atom is 0.310 e. The molecule has 0 aliphatic heterocycles. The molecule has 3 nitrogen and oxygen atoms in total. The van der Waals surface area contributed by atoms with Gasteiger partial charge in [0.15, 0.2) is 11.6 Å². The van der Waals surface area contributed by atoms with Gasteiger partial charge in [-0.1, -0.05) is 41.9 Å². The van der Waals surface area contributed by atoms with Crippen LogP contribution in [0.15, 0.2) is 42.5 Å². The van der Waals surface area contributed by atoms with Crippen LogP contribution >= 0.6 is 11.6 Å². The van der Waals surface area contributed by atoms with Crippen molar-refractivity contribution < 1.29 is 19.0 Å². The van der Waals surface area contributed by atoms with Crippen molar-refractivity contribution in [3.63, 3.8) is 0 Å². The summed E-state index contributed by atoms with van der Waals surface area (Å²) in [7, 11) is 0. The molecule has 2 aromatic carbocycles. The predicted octanol–water partition coefficient (Wildman–Crippen LogP) is 4.25. The summed E-state index contributed by atoms with van der Waals surface area (Å²) >= 11 is 5.67. The highest BCUT2D eigenvalue weighted by molar-refractivity contribution is 6.30. The molecule has 2 aromatic rings. The van der Waals surface area contributed by atoms with Gasteiger partial charge in [-0.05, 0) is 30.2 Å². The minimum atomic E-state index is -0.875. The smallest absolute Gasteiger partial charge is 0.310 e. The third-order valence-corrected chi connectivity index (χ3v) is 3.45. The van der Waals surface area contributed by atoms with E-state index in [1.807, 2.05) is 0 Å². The topological polar surface area (TPSA) is 46.5 Å². The number of ether oxygens (including phenoxy) is 1. The summed E-state index contributed by atoms with van der Waals surface area (Å²) in [4.78, 5) is 10.9. The third kappa shape index (κ3) is 3.73. The van der Waals surface area contributed by atoms with Gasteiger partial charge in [0, 0.05) is 0 Å². The van der Waals surface area contributed by atoms with Gasteiger partial charge in [0.2, 0.25) is 0 Å². The maximum atomic E-state index is 13.6. The van der Waals surface area contributed by atoms with E-state index in [9.17, 15) is 9.18 Å². The van der Waals surface area contributed by atoms with Crippen molar-refractivity contribution in [2.24, 2.45) is 0 Å². The Morgan fingerprint density at radius 1 is 1.29 bits per heavy atom. The lowest BCUT2D eigenvalue weighted by molar-refractivity contribution is -0.138. The monoisotopic (exact) mass is 308 g/mol. The first-order chi connectivity index (χ1) is 9.99. The molecule has 21 heavy (non-hydrogen) atoms. The molecule has 0 radical (unpaired) electrons. The number of rotatable bonds is 5. The van der Waals surface area contributed by atoms with Crippen LogP contribution < -0.4 is 4.74 Å². The highest BCUT2D eigenvalue weighted by Crippen LogP contribution is 2.25. The minimum absolute atomic E-state index is 0.0122. The summed E-state index contributed by atoms with van der Waals surface area (Å²) in [6.45, 7) is 1.80. The number of carbonyl (C=O) groups is 1. The first-order valence-corrected chi connectivity index (χ1v) is 6.75. The van der Waals surface area contributed by atoms with Crippen molar-refractivity contribution in [1.82, 2.24) is 0 Å². The number of carboxylic acids is 1. The minimum Gasteiger partial charge on any atom is -0.486 e. The van der Waals surface area contributed by atoms with Crippen LogP contribution in [0.25, 0.3) is 0 Å². The van der Waals surface area contributed by atoms with E-state index in [0.717, 1.165) is 5.56 Å². The first-order valence-electron chi connectivity index (χ1n) is 6.37. The zero-order chi connectivity index (χ0) is 15.4. The maximum absolute atomic E-state index is 13.6. The average molecular weight is 309 g/mol. The lowest BCUT2D eigenvalue weighted by Crippen LogP contribution is -2.07. The summed E-state index contributed by atoms with van der Waals surface area (Å²) in [5.41, 5.74) is 1.52. The summed E-state index contributed by atoms with van der Waals surface area (Å²) in [6.07, 6.45) is 0. The SMILES string of the molecule is CC(C(=O)O)c1ccc(COc2cccc(Cl)c2F)cc1. The second-order valence-corrected chi connectivity index (χ2v) is 5.05. The summed E-state index contributed by atoms with van der Waals surface area (Å²) < 4.78 is 19.0. The number of carboxylic acid groups (broad SMARTS) is 1. The van der Waals surface area contributed by atoms with E-state index in [0.29, 0.717) is 5.56 Å². The van der Waals surface area contributed by atoms with Gasteiger partial charge in [0.1, 0.15) is 6.61 Å². The molecular weight excluding hydrogens is 295 g/mol. The molecule has 0 heterocycles. The second kappa shape index (κ2) is 6.59. The highest BCUT2D eigenvalue weighted by Gasteiger charge is 2.13. The van der Waals surface area contributed by atoms with Gasteiger partial charge in [0.05, 0.1) is 10.9 Å². The Bertz CT molecular complexity index is 640. The van der Waals surface area contributed by atoms with Gasteiger partial charge in [-0.3, -0.25) is 4.79 Å². The fourth-order valence-corrected chi connectivity index (χ4v) is 1.97. The Hall–Kier alpha value is -2.07. The zero-order valence-corrected chi connectivity index (χ0v) is 12.1. The summed E-state index contributed by atoms with van der Waals surface area (Å²) in [5, 5.41) is 8.95. The summed E-state index contributed by atoms with van der Waals surface area (Å²) in [6, 6.07) is 11.5. The van der Waals surface area contributed by atoms with Crippen LogP contribution in [0.5, 0.6) is 5.75 Å². The van der Waals surface area contributed by atoms with E-state index in [1.165, 1.54) is 12.1 Å². The molecule has 0 bridgehead atoms. The molecule has 5 heteroatoms. The number of benzene rings is 2. The Labute approximate surface area is 126 Å². The Balaban J connectivity index is 2.04. The standard InChI is InChI=1S/C16H14ClFO3/c1-10(16(19)20)12-7-5-11(6-8-12)9-21-14-4-2-3-13(17)15(14)18/h2-8,10H,9H2,1H3,(H,19,20). The van der Waals surface area contributed by atoms with E-state index < -0.39 is 17.7 Å². The largest absolute Gasteiger partial charge is 0.486 e. The molecule has 0 fully saturated rings. The number of halogens is 2. The van der Waals surface area contributed by atoms with Gasteiger partial charge in [-0.2, -0.15) is 0 Å². The lowest BCUT2D eigenvalue weighted by atomic mass is 10.0. The molecule has 0 aliphatic carbocycles. The molecule has 110 valence electrons. The van der Waals surface area contributed by atoms with Gasteiger partial charge in [-0.15, -0.1) is 0 Å². The number of aliphatic carboxylic acids is 1. The number of hydrogen-bond donors (Lipinski definition) is 1. The fraction of sp³-hybridized carbons (Fsp3) is 0.188. The molecule has 0 saturated carbocycles. The fourth-order valence-electron chi connectivity index (χ4n) is 1.80. The van der Waals surface area contributed by atoms with Crippen LogP contribution in [-0.2, 0) is 11.4 Å². The van der Waals surface area contributed by atoms with Crippen molar-refractivity contribution >= 4 is 17.6 Å². The van der Waals surface area contributed by atoms with Gasteiger partial charge in [0.25, 0.3) is 0 Å². The normalized spacial score (nSPS) is 12.0. The lowest BCUT2D eigenvalue weighted by Gasteiger charge is -2.10. The Kier molecular flexibility index (Phi) is 4.81. The Morgan fingerprint density at radius 3 is 2.57 bits per heavy atom. The van der Waals surface area contributed by atoms with E-state index in [2.05, 4.69) is 0 Å². The van der Waals surface area contributed by atoms with Crippen LogP contribution in [0, 0.1) is 5.82 Å². The molecule has 0 saturated heterocycles. The van der Waals surface area contributed by atoms with E-state index >= 15 is 0 Å². The first kappa shape index (κ1) is 15.3. The van der Waals surface area contributed by atoms with Crippen LogP contribution in [-0.4, -0.2) is 11.1 Å². The molecule has 1 N–H and O–H groups in total. The highest BCUT2D eigenvalue weighted by atomic mass is 35.5. The zero-order valence-electron chi connectivity index (χ0n) is 11.3. The predicted molar refractivity (Wildman–Crippen MR) is 78.2 cm³/mol. The number of hydrogen-bond acceptors (Lipinski definition) is 2. The molecule has 2 rings (SSSR count). The Morgan fingerprint density at radius 2 is 1.95 bits per heavy atom. The molecule has 1 atom stereocenters. The van der Waals surface area contributed by atoms with E-state index in [4.69, 9.17) is 21.4 Å². The van der Waals surface area contributed by atoms with Crippen LogP contribution in [0.2, 0.25) is 5.02 Å². The third-order valence-electron chi connectivity index (χ3n) is 3.16. The van der Waals surface area contributed by atoms with Crippen LogP contribution in [0.3, 0.4) is 0 Å². The molecular formula is C16H14ClFO3. The van der Waals surface area contributed by atoms with Gasteiger partial charge >= 0.3 is 5.97 Å². The van der Waals surface area contributed by atoms with Crippen LogP contribution in [0.4, 0.5) is 4.39 Å². The van der Waals surface area contributed by atoms with Gasteiger partial charge < -0.3 is 9.84 Å². The van der Waals surface area contributed by atoms with Crippen LogP contribution in [0.1, 0.15) is 24.0 Å². The van der Waals surface area contributed by atoms with Crippen molar-refractivity contribution in [1.29, 1.82) is 0 Å². The molecule has 0 spiro atoms. The second-order valence-electron chi connectivity index (χ2n) is 4.64. The van der Waals surface area contributed by atoms with Crippen molar-refractivity contribution in [2.75, 3.05) is 0 Å². The van der Waals surface area contributed by atoms with Crippen molar-refractivity contribution in [3.8, 4) is 5.75 Å². The molecule has 1 unspecified atom stereocenters. The quantitative estimate of drug-likeness (QED) is 0.898. The van der Waals surface area contributed by atoms with Crippen molar-refractivity contribution in [3.05, 3.63) is 64.4 Å². The molecule has 0 aromatic heterocycles. The van der Waals surface area contributed by atoms with E-state index in [-0.39, 0.29) is 17.4 Å².